The second-order valence-electron chi connectivity index (χ2n) is 5.22. The van der Waals surface area contributed by atoms with Gasteiger partial charge in [-0.3, -0.25) is 5.10 Å². The van der Waals surface area contributed by atoms with Crippen LogP contribution in [0, 0.1) is 0 Å². The van der Waals surface area contributed by atoms with Crippen molar-refractivity contribution >= 4 is 5.82 Å². The Balaban J connectivity index is 1.82. The minimum absolute atomic E-state index is 0.381. The molecule has 1 unspecified atom stereocenters. The van der Waals surface area contributed by atoms with Gasteiger partial charge in [-0.1, -0.05) is 54.6 Å². The zero-order chi connectivity index (χ0) is 13.5. The lowest BCUT2D eigenvalue weighted by molar-refractivity contribution is 0.683. The van der Waals surface area contributed by atoms with Crippen LogP contribution in [0.25, 0.3) is 11.1 Å². The molecule has 0 aliphatic heterocycles. The van der Waals surface area contributed by atoms with E-state index in [1.807, 2.05) is 18.2 Å². The number of anilines is 1. The van der Waals surface area contributed by atoms with E-state index in [0.717, 1.165) is 23.2 Å². The van der Waals surface area contributed by atoms with Crippen LogP contribution in [-0.2, 0) is 6.42 Å². The van der Waals surface area contributed by atoms with Crippen molar-refractivity contribution in [2.24, 2.45) is 0 Å². The molecule has 0 amide bonds. The minimum atomic E-state index is 0.381. The van der Waals surface area contributed by atoms with E-state index < -0.39 is 0 Å². The van der Waals surface area contributed by atoms with Gasteiger partial charge in [-0.25, -0.2) is 0 Å². The summed E-state index contributed by atoms with van der Waals surface area (Å²) in [6, 6.07) is 18.8. The number of hydrogen-bond donors (Lipinski definition) is 2. The van der Waals surface area contributed by atoms with E-state index >= 15 is 0 Å². The van der Waals surface area contributed by atoms with Gasteiger partial charge >= 0.3 is 0 Å². The summed E-state index contributed by atoms with van der Waals surface area (Å²) in [6.07, 6.45) is 1.05. The minimum Gasteiger partial charge on any atom is -0.382 e. The highest BCUT2D eigenvalue weighted by Crippen LogP contribution is 2.43. The molecular weight excluding hydrogens is 246 g/mol. The van der Waals surface area contributed by atoms with Crippen molar-refractivity contribution < 1.29 is 0 Å². The summed E-state index contributed by atoms with van der Waals surface area (Å²) in [5.41, 5.74) is 12.2. The van der Waals surface area contributed by atoms with E-state index in [-0.39, 0.29) is 0 Å². The molecule has 0 bridgehead atoms. The number of benzene rings is 2. The Morgan fingerprint density at radius 3 is 2.55 bits per heavy atom. The highest BCUT2D eigenvalue weighted by Gasteiger charge is 2.31. The van der Waals surface area contributed by atoms with Gasteiger partial charge in [0.2, 0.25) is 0 Å². The zero-order valence-electron chi connectivity index (χ0n) is 11.0. The van der Waals surface area contributed by atoms with Crippen molar-refractivity contribution in [2.75, 3.05) is 5.73 Å². The third kappa shape index (κ3) is 1.56. The van der Waals surface area contributed by atoms with E-state index in [0.29, 0.717) is 11.7 Å². The fourth-order valence-electron chi connectivity index (χ4n) is 3.05. The summed E-state index contributed by atoms with van der Waals surface area (Å²) in [5.74, 6) is 0.960. The van der Waals surface area contributed by atoms with Gasteiger partial charge < -0.3 is 5.73 Å². The quantitative estimate of drug-likeness (QED) is 0.743. The van der Waals surface area contributed by atoms with Crippen molar-refractivity contribution in [1.29, 1.82) is 0 Å². The number of hydrogen-bond acceptors (Lipinski definition) is 2. The van der Waals surface area contributed by atoms with Gasteiger partial charge in [-0.15, -0.1) is 0 Å². The Hall–Kier alpha value is -2.55. The Morgan fingerprint density at radius 2 is 1.75 bits per heavy atom. The second kappa shape index (κ2) is 4.23. The number of nitrogens with one attached hydrogen (secondary N) is 1. The van der Waals surface area contributed by atoms with Crippen LogP contribution < -0.4 is 5.73 Å². The van der Waals surface area contributed by atoms with E-state index in [1.54, 1.807) is 0 Å². The molecule has 0 saturated carbocycles. The van der Waals surface area contributed by atoms with Gasteiger partial charge in [-0.05, 0) is 23.1 Å². The summed E-state index contributed by atoms with van der Waals surface area (Å²) in [7, 11) is 0. The lowest BCUT2D eigenvalue weighted by Crippen LogP contribution is -2.19. The monoisotopic (exact) mass is 261 g/mol. The van der Waals surface area contributed by atoms with Crippen LogP contribution >= 0.6 is 0 Å². The van der Waals surface area contributed by atoms with Gasteiger partial charge in [0.25, 0.3) is 0 Å². The first-order valence-corrected chi connectivity index (χ1v) is 6.81. The number of nitrogen functional groups attached to an aromatic ring is 1. The molecule has 3 heteroatoms. The molecule has 1 atom stereocenters. The Labute approximate surface area is 117 Å². The zero-order valence-corrected chi connectivity index (χ0v) is 11.0. The van der Waals surface area contributed by atoms with Crippen LogP contribution in [0.1, 0.15) is 22.7 Å². The van der Waals surface area contributed by atoms with Crippen molar-refractivity contribution in [3.05, 3.63) is 71.4 Å². The molecule has 0 radical (unpaired) electrons. The first-order valence-electron chi connectivity index (χ1n) is 6.81. The Bertz CT molecular complexity index is 759. The lowest BCUT2D eigenvalue weighted by Gasteiger charge is -2.30. The molecule has 1 aromatic heterocycles. The SMILES string of the molecule is Nc1n[nH]c(C2Cc3ccccc32)c1-c1ccccc1. The first-order chi connectivity index (χ1) is 9.84. The average molecular weight is 261 g/mol. The molecule has 2 aromatic carbocycles. The number of nitrogens with two attached hydrogens (primary N) is 1. The number of aromatic amines is 1. The van der Waals surface area contributed by atoms with Crippen molar-refractivity contribution in [1.82, 2.24) is 10.2 Å². The average Bonchev–Trinajstić information content (AvgIpc) is 2.83. The van der Waals surface area contributed by atoms with Crippen LogP contribution in [0.4, 0.5) is 5.82 Å². The fourth-order valence-corrected chi connectivity index (χ4v) is 3.05. The molecule has 98 valence electrons. The molecular formula is C17H15N3. The van der Waals surface area contributed by atoms with E-state index in [9.17, 15) is 0 Å². The predicted molar refractivity (Wildman–Crippen MR) is 80.4 cm³/mol. The molecule has 0 spiro atoms. The second-order valence-corrected chi connectivity index (χ2v) is 5.22. The van der Waals surface area contributed by atoms with E-state index in [4.69, 9.17) is 5.73 Å². The lowest BCUT2D eigenvalue weighted by atomic mass is 9.74. The summed E-state index contributed by atoms with van der Waals surface area (Å²) in [6.45, 7) is 0. The molecule has 20 heavy (non-hydrogen) atoms. The molecule has 0 saturated heterocycles. The van der Waals surface area contributed by atoms with E-state index in [1.165, 1.54) is 11.1 Å². The topological polar surface area (TPSA) is 54.7 Å². The maximum atomic E-state index is 6.07. The summed E-state index contributed by atoms with van der Waals surface area (Å²) in [5, 5.41) is 7.36. The van der Waals surface area contributed by atoms with Gasteiger partial charge in [0, 0.05) is 11.5 Å². The van der Waals surface area contributed by atoms with Gasteiger partial charge in [-0.2, -0.15) is 5.10 Å². The van der Waals surface area contributed by atoms with Crippen LogP contribution in [0.3, 0.4) is 0 Å². The van der Waals surface area contributed by atoms with Gasteiger partial charge in [0.15, 0.2) is 5.82 Å². The van der Waals surface area contributed by atoms with Crippen LogP contribution in [0.15, 0.2) is 54.6 Å². The molecule has 3 aromatic rings. The Kier molecular flexibility index (Phi) is 2.39. The van der Waals surface area contributed by atoms with Crippen LogP contribution in [0.5, 0.6) is 0 Å². The predicted octanol–water partition coefficient (Wildman–Crippen LogP) is 3.35. The summed E-state index contributed by atoms with van der Waals surface area (Å²) < 4.78 is 0. The number of fused-ring (bicyclic) bond motifs is 1. The number of H-pyrrole nitrogens is 1. The number of nitrogens with zero attached hydrogens (tertiary/aromatic N) is 1. The van der Waals surface area contributed by atoms with Crippen molar-refractivity contribution in [2.45, 2.75) is 12.3 Å². The third-order valence-corrected chi connectivity index (χ3v) is 4.09. The molecule has 1 heterocycles. The number of rotatable bonds is 2. The van der Waals surface area contributed by atoms with Crippen molar-refractivity contribution in [3.63, 3.8) is 0 Å². The molecule has 3 nitrogen and oxygen atoms in total. The van der Waals surface area contributed by atoms with Crippen molar-refractivity contribution in [3.8, 4) is 11.1 Å². The third-order valence-electron chi connectivity index (χ3n) is 4.09. The standard InChI is InChI=1S/C17H15N3/c18-17-15(11-6-2-1-3-7-11)16(19-20-17)14-10-12-8-4-5-9-13(12)14/h1-9,14H,10H2,(H3,18,19,20). The molecule has 4 rings (SSSR count). The van der Waals surface area contributed by atoms with E-state index in [2.05, 4.69) is 46.6 Å². The van der Waals surface area contributed by atoms with Crippen LogP contribution in [0.2, 0.25) is 0 Å². The molecule has 3 N–H and O–H groups in total. The normalized spacial score (nSPS) is 16.5. The van der Waals surface area contributed by atoms with Gasteiger partial charge in [0.1, 0.15) is 0 Å². The first kappa shape index (κ1) is 11.3. The number of aromatic nitrogens is 2. The highest BCUT2D eigenvalue weighted by molar-refractivity contribution is 5.77. The largest absolute Gasteiger partial charge is 0.382 e. The molecule has 1 aliphatic rings. The molecule has 1 aliphatic carbocycles. The highest BCUT2D eigenvalue weighted by atomic mass is 15.2. The Morgan fingerprint density at radius 1 is 1.00 bits per heavy atom. The fraction of sp³-hybridized carbons (Fsp3) is 0.118. The maximum Gasteiger partial charge on any atom is 0.153 e. The smallest absolute Gasteiger partial charge is 0.153 e. The van der Waals surface area contributed by atoms with Gasteiger partial charge in [0.05, 0.1) is 5.69 Å². The molecule has 0 fully saturated rings. The summed E-state index contributed by atoms with van der Waals surface area (Å²) >= 11 is 0. The maximum absolute atomic E-state index is 6.07. The van der Waals surface area contributed by atoms with Crippen LogP contribution in [-0.4, -0.2) is 10.2 Å². The summed E-state index contributed by atoms with van der Waals surface area (Å²) in [4.78, 5) is 0.